The van der Waals surface area contributed by atoms with Crippen molar-refractivity contribution in [3.63, 3.8) is 0 Å². The molecular formula is C27H27BrClN7O2. The van der Waals surface area contributed by atoms with E-state index in [0.717, 1.165) is 29.4 Å². The fraction of sp³-hybridized carbons (Fsp3) is 0.222. The van der Waals surface area contributed by atoms with Crippen molar-refractivity contribution in [3.8, 4) is 11.1 Å². The predicted molar refractivity (Wildman–Crippen MR) is 155 cm³/mol. The first-order valence-corrected chi connectivity index (χ1v) is 12.8. The van der Waals surface area contributed by atoms with Crippen LogP contribution >= 0.6 is 28.3 Å². The molecule has 1 unspecified atom stereocenters. The van der Waals surface area contributed by atoms with Gasteiger partial charge in [-0.25, -0.2) is 9.97 Å². The van der Waals surface area contributed by atoms with E-state index >= 15 is 0 Å². The van der Waals surface area contributed by atoms with E-state index in [2.05, 4.69) is 47.2 Å². The Morgan fingerprint density at radius 3 is 2.63 bits per heavy atom. The van der Waals surface area contributed by atoms with Crippen molar-refractivity contribution >= 4 is 68.5 Å². The number of benzene rings is 2. The first kappa shape index (κ1) is 27.4. The third-order valence-corrected chi connectivity index (χ3v) is 6.75. The highest BCUT2D eigenvalue weighted by Crippen LogP contribution is 2.32. The molecule has 11 heteroatoms. The van der Waals surface area contributed by atoms with Gasteiger partial charge < -0.3 is 21.3 Å². The minimum absolute atomic E-state index is 0. The molecule has 1 atom stereocenters. The molecule has 4 N–H and O–H groups in total. The maximum atomic E-state index is 13.3. The lowest BCUT2D eigenvalue weighted by molar-refractivity contribution is -0.114. The molecule has 1 saturated heterocycles. The van der Waals surface area contributed by atoms with Crippen LogP contribution in [0.4, 0.5) is 17.3 Å². The smallest absolute Gasteiger partial charge is 0.270 e. The molecule has 2 amide bonds. The van der Waals surface area contributed by atoms with Crippen LogP contribution in [0.15, 0.2) is 65.3 Å². The molecular weight excluding hydrogens is 570 g/mol. The van der Waals surface area contributed by atoms with E-state index in [-0.39, 0.29) is 30.3 Å². The van der Waals surface area contributed by atoms with Crippen LogP contribution in [-0.4, -0.2) is 45.9 Å². The number of halogens is 2. The van der Waals surface area contributed by atoms with Gasteiger partial charge in [-0.15, -0.1) is 12.4 Å². The van der Waals surface area contributed by atoms with Crippen molar-refractivity contribution in [2.45, 2.75) is 25.8 Å². The van der Waals surface area contributed by atoms with Gasteiger partial charge in [0.15, 0.2) is 5.65 Å². The van der Waals surface area contributed by atoms with Crippen molar-refractivity contribution < 1.29 is 9.59 Å². The van der Waals surface area contributed by atoms with E-state index in [1.165, 1.54) is 6.92 Å². The van der Waals surface area contributed by atoms with Gasteiger partial charge in [0.2, 0.25) is 11.9 Å². The Hall–Kier alpha value is -3.60. The lowest BCUT2D eigenvalue weighted by Crippen LogP contribution is -2.37. The summed E-state index contributed by atoms with van der Waals surface area (Å²) < 4.78 is 0.862. The number of carbonyl (C=O) groups excluding carboxylic acids is 2. The standard InChI is InChI=1S/C27H26BrN7O2.ClH/c1-16(36)32-18-6-4-7-19(13-18)33-27-31-14-17-12-22(21-9-2-3-10-23(21)28)24(34-25(17)35-27)26(37)30-15-20-8-5-11-29-20;/h2-4,6-7,9-10,12-14,20,29H,5,8,11,15H2,1H3,(H,30,37)(H,32,36)(H,31,33,34,35);1H. The minimum atomic E-state index is -0.252. The number of amides is 2. The molecule has 196 valence electrons. The van der Waals surface area contributed by atoms with Crippen LogP contribution in [0, 0.1) is 0 Å². The predicted octanol–water partition coefficient (Wildman–Crippen LogP) is 5.06. The normalized spacial score (nSPS) is 14.5. The number of rotatable bonds is 7. The Bertz CT molecular complexity index is 1480. The van der Waals surface area contributed by atoms with E-state index in [9.17, 15) is 9.59 Å². The molecule has 1 aliphatic rings. The zero-order valence-electron chi connectivity index (χ0n) is 20.6. The molecule has 5 rings (SSSR count). The molecule has 1 aliphatic heterocycles. The van der Waals surface area contributed by atoms with Crippen LogP contribution in [0.25, 0.3) is 22.2 Å². The Balaban J connectivity index is 0.00000336. The highest BCUT2D eigenvalue weighted by molar-refractivity contribution is 9.10. The number of pyridine rings is 1. The summed E-state index contributed by atoms with van der Waals surface area (Å²) in [6, 6.07) is 17.1. The summed E-state index contributed by atoms with van der Waals surface area (Å²) >= 11 is 3.61. The van der Waals surface area contributed by atoms with Crippen LogP contribution < -0.4 is 21.3 Å². The lowest BCUT2D eigenvalue weighted by atomic mass is 10.0. The number of hydrogen-bond acceptors (Lipinski definition) is 7. The Labute approximate surface area is 234 Å². The Morgan fingerprint density at radius 1 is 1.05 bits per heavy atom. The zero-order chi connectivity index (χ0) is 25.8. The van der Waals surface area contributed by atoms with E-state index in [4.69, 9.17) is 4.98 Å². The second-order valence-electron chi connectivity index (χ2n) is 8.86. The summed E-state index contributed by atoms with van der Waals surface area (Å²) in [4.78, 5) is 38.4. The molecule has 3 heterocycles. The van der Waals surface area contributed by atoms with Crippen LogP contribution in [-0.2, 0) is 4.79 Å². The maximum absolute atomic E-state index is 13.3. The average Bonchev–Trinajstić information content (AvgIpc) is 3.40. The van der Waals surface area contributed by atoms with Gasteiger partial charge in [0.25, 0.3) is 5.91 Å². The molecule has 2 aromatic heterocycles. The quantitative estimate of drug-likeness (QED) is 0.235. The first-order valence-electron chi connectivity index (χ1n) is 12.1. The number of fused-ring (bicyclic) bond motifs is 1. The molecule has 0 radical (unpaired) electrons. The SMILES string of the molecule is CC(=O)Nc1cccc(Nc2ncc3cc(-c4ccccc4Br)c(C(=O)NCC4CCCN4)nc3n2)c1.Cl. The molecule has 0 spiro atoms. The summed E-state index contributed by atoms with van der Waals surface area (Å²) in [5.41, 5.74) is 3.62. The van der Waals surface area contributed by atoms with Gasteiger partial charge in [0.1, 0.15) is 5.69 Å². The summed E-state index contributed by atoms with van der Waals surface area (Å²) in [5, 5.41) is 13.0. The average molecular weight is 597 g/mol. The Kier molecular flexibility index (Phi) is 8.88. The molecule has 0 saturated carbocycles. The highest BCUT2D eigenvalue weighted by Gasteiger charge is 2.21. The third-order valence-electron chi connectivity index (χ3n) is 6.06. The maximum Gasteiger partial charge on any atom is 0.270 e. The summed E-state index contributed by atoms with van der Waals surface area (Å²) in [7, 11) is 0. The van der Waals surface area contributed by atoms with Gasteiger partial charge in [-0.2, -0.15) is 4.98 Å². The molecule has 0 aliphatic carbocycles. The summed E-state index contributed by atoms with van der Waals surface area (Å²) in [6.45, 7) is 2.96. The first-order chi connectivity index (χ1) is 18.0. The van der Waals surface area contributed by atoms with E-state index in [1.807, 2.05) is 42.5 Å². The molecule has 9 nitrogen and oxygen atoms in total. The highest BCUT2D eigenvalue weighted by atomic mass is 79.9. The zero-order valence-corrected chi connectivity index (χ0v) is 23.0. The molecule has 38 heavy (non-hydrogen) atoms. The lowest BCUT2D eigenvalue weighted by Gasteiger charge is -2.15. The monoisotopic (exact) mass is 595 g/mol. The van der Waals surface area contributed by atoms with Gasteiger partial charge in [-0.3, -0.25) is 9.59 Å². The number of nitrogens with zero attached hydrogens (tertiary/aromatic N) is 3. The van der Waals surface area contributed by atoms with E-state index in [0.29, 0.717) is 46.2 Å². The third kappa shape index (κ3) is 6.45. The van der Waals surface area contributed by atoms with Crippen molar-refractivity contribution in [2.24, 2.45) is 0 Å². The molecule has 0 bridgehead atoms. The Morgan fingerprint density at radius 2 is 1.87 bits per heavy atom. The largest absolute Gasteiger partial charge is 0.349 e. The van der Waals surface area contributed by atoms with Gasteiger partial charge in [0, 0.05) is 52.5 Å². The van der Waals surface area contributed by atoms with Gasteiger partial charge in [-0.05, 0) is 55.3 Å². The number of carbonyl (C=O) groups is 2. The second kappa shape index (κ2) is 12.3. The number of aromatic nitrogens is 3. The molecule has 4 aromatic rings. The van der Waals surface area contributed by atoms with Gasteiger partial charge in [-0.1, -0.05) is 40.2 Å². The van der Waals surface area contributed by atoms with Gasteiger partial charge in [0.05, 0.1) is 0 Å². The topological polar surface area (TPSA) is 121 Å². The molecule has 1 fully saturated rings. The van der Waals surface area contributed by atoms with Crippen molar-refractivity contribution in [3.05, 3.63) is 71.0 Å². The van der Waals surface area contributed by atoms with Crippen molar-refractivity contribution in [1.82, 2.24) is 25.6 Å². The van der Waals surface area contributed by atoms with Crippen LogP contribution in [0.3, 0.4) is 0 Å². The number of nitrogens with one attached hydrogen (secondary N) is 4. The molecule has 2 aromatic carbocycles. The van der Waals surface area contributed by atoms with Gasteiger partial charge >= 0.3 is 0 Å². The summed E-state index contributed by atoms with van der Waals surface area (Å²) in [6.07, 6.45) is 3.82. The van der Waals surface area contributed by atoms with Crippen LogP contribution in [0.2, 0.25) is 0 Å². The van der Waals surface area contributed by atoms with Crippen LogP contribution in [0.1, 0.15) is 30.3 Å². The summed E-state index contributed by atoms with van der Waals surface area (Å²) in [5.74, 6) is -0.0775. The minimum Gasteiger partial charge on any atom is -0.349 e. The fourth-order valence-corrected chi connectivity index (χ4v) is 4.82. The van der Waals surface area contributed by atoms with Crippen molar-refractivity contribution in [2.75, 3.05) is 23.7 Å². The van der Waals surface area contributed by atoms with Crippen molar-refractivity contribution in [1.29, 1.82) is 0 Å². The van der Waals surface area contributed by atoms with E-state index < -0.39 is 0 Å². The fourth-order valence-electron chi connectivity index (χ4n) is 4.32. The number of hydrogen-bond donors (Lipinski definition) is 4. The number of anilines is 3. The second-order valence-corrected chi connectivity index (χ2v) is 9.72. The van der Waals surface area contributed by atoms with Crippen LogP contribution in [0.5, 0.6) is 0 Å². The van der Waals surface area contributed by atoms with E-state index in [1.54, 1.807) is 18.3 Å².